The lowest BCUT2D eigenvalue weighted by Gasteiger charge is -2.06. The van der Waals surface area contributed by atoms with Crippen LogP contribution in [0.25, 0.3) is 10.8 Å². The molecule has 2 rings (SSSR count). The number of nitrogens with one attached hydrogen (secondary N) is 1. The molecule has 0 aliphatic heterocycles. The van der Waals surface area contributed by atoms with Gasteiger partial charge in [0, 0.05) is 11.6 Å². The second-order valence-electron chi connectivity index (χ2n) is 3.82. The van der Waals surface area contributed by atoms with Crippen molar-refractivity contribution in [3.8, 4) is 5.75 Å². The molecular formula is C15H15NO2. The van der Waals surface area contributed by atoms with Gasteiger partial charge in [-0.3, -0.25) is 5.32 Å². The molecule has 0 aliphatic carbocycles. The SMILES string of the molecule is CC/C=C/NC(=O)Oc1cccc2ccccc12. The van der Waals surface area contributed by atoms with Gasteiger partial charge in [-0.1, -0.05) is 49.4 Å². The van der Waals surface area contributed by atoms with Gasteiger partial charge >= 0.3 is 6.09 Å². The van der Waals surface area contributed by atoms with Crippen molar-refractivity contribution in [2.45, 2.75) is 13.3 Å². The van der Waals surface area contributed by atoms with Crippen LogP contribution in [-0.2, 0) is 0 Å². The molecule has 0 saturated heterocycles. The number of allylic oxidation sites excluding steroid dienone is 1. The summed E-state index contributed by atoms with van der Waals surface area (Å²) in [5, 5.41) is 4.53. The number of carbonyl (C=O) groups excluding carboxylic acids is 1. The molecule has 0 bridgehead atoms. The Bertz CT molecular complexity index is 570. The Kier molecular flexibility index (Phi) is 3.97. The molecule has 1 amide bonds. The molecule has 0 atom stereocenters. The molecule has 0 aliphatic rings. The Morgan fingerprint density at radius 1 is 1.22 bits per heavy atom. The number of hydrogen-bond donors (Lipinski definition) is 1. The smallest absolute Gasteiger partial charge is 0.409 e. The molecule has 0 radical (unpaired) electrons. The maximum Gasteiger partial charge on any atom is 0.416 e. The predicted molar refractivity (Wildman–Crippen MR) is 72.5 cm³/mol. The van der Waals surface area contributed by atoms with Gasteiger partial charge in [0.1, 0.15) is 5.75 Å². The normalized spacial score (nSPS) is 10.7. The van der Waals surface area contributed by atoms with Crippen molar-refractivity contribution in [3.05, 3.63) is 54.7 Å². The molecule has 0 saturated carbocycles. The number of carbonyl (C=O) groups is 1. The summed E-state index contributed by atoms with van der Waals surface area (Å²) >= 11 is 0. The molecule has 0 heterocycles. The van der Waals surface area contributed by atoms with Gasteiger partial charge in [0.05, 0.1) is 0 Å². The van der Waals surface area contributed by atoms with Crippen molar-refractivity contribution in [1.82, 2.24) is 5.32 Å². The minimum absolute atomic E-state index is 0.476. The number of rotatable bonds is 3. The zero-order valence-corrected chi connectivity index (χ0v) is 10.2. The highest BCUT2D eigenvalue weighted by atomic mass is 16.6. The Morgan fingerprint density at radius 2 is 2.00 bits per heavy atom. The van der Waals surface area contributed by atoms with Gasteiger partial charge in [-0.25, -0.2) is 4.79 Å². The van der Waals surface area contributed by atoms with Crippen LogP contribution >= 0.6 is 0 Å². The topological polar surface area (TPSA) is 38.3 Å². The maximum atomic E-state index is 11.5. The molecule has 18 heavy (non-hydrogen) atoms. The Hall–Kier alpha value is -2.29. The lowest BCUT2D eigenvalue weighted by molar-refractivity contribution is 0.205. The Morgan fingerprint density at radius 3 is 2.83 bits per heavy atom. The van der Waals surface area contributed by atoms with Crippen molar-refractivity contribution >= 4 is 16.9 Å². The van der Waals surface area contributed by atoms with Crippen molar-refractivity contribution < 1.29 is 9.53 Å². The highest BCUT2D eigenvalue weighted by molar-refractivity contribution is 5.90. The third-order valence-electron chi connectivity index (χ3n) is 2.51. The average molecular weight is 241 g/mol. The first kappa shape index (κ1) is 12.2. The highest BCUT2D eigenvalue weighted by Gasteiger charge is 2.05. The first-order chi connectivity index (χ1) is 8.81. The number of ether oxygens (including phenoxy) is 1. The molecule has 0 aromatic heterocycles. The van der Waals surface area contributed by atoms with Crippen molar-refractivity contribution in [2.75, 3.05) is 0 Å². The summed E-state index contributed by atoms with van der Waals surface area (Å²) in [5.41, 5.74) is 0. The van der Waals surface area contributed by atoms with Gasteiger partial charge < -0.3 is 4.74 Å². The summed E-state index contributed by atoms with van der Waals surface area (Å²) < 4.78 is 5.27. The molecule has 1 N–H and O–H groups in total. The van der Waals surface area contributed by atoms with E-state index in [2.05, 4.69) is 5.32 Å². The van der Waals surface area contributed by atoms with E-state index in [4.69, 9.17) is 4.74 Å². The standard InChI is InChI=1S/C15H15NO2/c1-2-3-11-16-15(17)18-14-10-6-8-12-7-4-5-9-13(12)14/h3-11H,2H2,1H3,(H,16,17)/b11-3+. The van der Waals surface area contributed by atoms with Crippen LogP contribution in [0.4, 0.5) is 4.79 Å². The van der Waals surface area contributed by atoms with Gasteiger partial charge in [0.15, 0.2) is 0 Å². The van der Waals surface area contributed by atoms with Crippen LogP contribution in [0.3, 0.4) is 0 Å². The van der Waals surface area contributed by atoms with Gasteiger partial charge in [-0.05, 0) is 17.9 Å². The number of amides is 1. The lowest BCUT2D eigenvalue weighted by atomic mass is 10.1. The van der Waals surface area contributed by atoms with Crippen LogP contribution in [0.2, 0.25) is 0 Å². The van der Waals surface area contributed by atoms with Crippen molar-refractivity contribution in [3.63, 3.8) is 0 Å². The van der Waals surface area contributed by atoms with Crippen LogP contribution in [0.1, 0.15) is 13.3 Å². The first-order valence-electron chi connectivity index (χ1n) is 5.92. The van der Waals surface area contributed by atoms with Crippen LogP contribution in [-0.4, -0.2) is 6.09 Å². The van der Waals surface area contributed by atoms with Crippen LogP contribution in [0.5, 0.6) is 5.75 Å². The number of fused-ring (bicyclic) bond motifs is 1. The molecule has 0 unspecified atom stereocenters. The van der Waals surface area contributed by atoms with E-state index < -0.39 is 6.09 Å². The van der Waals surface area contributed by atoms with E-state index >= 15 is 0 Å². The van der Waals surface area contributed by atoms with Gasteiger partial charge in [-0.15, -0.1) is 0 Å². The largest absolute Gasteiger partial charge is 0.416 e. The van der Waals surface area contributed by atoms with E-state index in [0.29, 0.717) is 5.75 Å². The summed E-state index contributed by atoms with van der Waals surface area (Å²) in [6.45, 7) is 1.99. The van der Waals surface area contributed by atoms with E-state index in [0.717, 1.165) is 17.2 Å². The van der Waals surface area contributed by atoms with Crippen molar-refractivity contribution in [2.24, 2.45) is 0 Å². The van der Waals surface area contributed by atoms with E-state index in [9.17, 15) is 4.79 Å². The molecule has 92 valence electrons. The molecule has 0 spiro atoms. The highest BCUT2D eigenvalue weighted by Crippen LogP contribution is 2.25. The minimum atomic E-state index is -0.476. The third-order valence-corrected chi connectivity index (χ3v) is 2.51. The van der Waals surface area contributed by atoms with E-state index in [1.54, 1.807) is 12.3 Å². The number of benzene rings is 2. The lowest BCUT2D eigenvalue weighted by Crippen LogP contribution is -2.21. The fourth-order valence-electron chi connectivity index (χ4n) is 1.66. The third kappa shape index (κ3) is 2.88. The fraction of sp³-hybridized carbons (Fsp3) is 0.133. The Balaban J connectivity index is 2.16. The molecule has 3 nitrogen and oxygen atoms in total. The van der Waals surface area contributed by atoms with Crippen LogP contribution in [0.15, 0.2) is 54.7 Å². The van der Waals surface area contributed by atoms with E-state index in [-0.39, 0.29) is 0 Å². The maximum absolute atomic E-state index is 11.5. The predicted octanol–water partition coefficient (Wildman–Crippen LogP) is 3.85. The summed E-state index contributed by atoms with van der Waals surface area (Å²) in [6, 6.07) is 13.4. The molecule has 0 fully saturated rings. The monoisotopic (exact) mass is 241 g/mol. The first-order valence-corrected chi connectivity index (χ1v) is 5.92. The molecule has 2 aromatic rings. The second kappa shape index (κ2) is 5.87. The number of hydrogen-bond acceptors (Lipinski definition) is 2. The summed E-state index contributed by atoms with van der Waals surface area (Å²) in [5.74, 6) is 0.565. The van der Waals surface area contributed by atoms with Gasteiger partial charge in [0.25, 0.3) is 0 Å². The summed E-state index contributed by atoms with van der Waals surface area (Å²) in [4.78, 5) is 11.5. The van der Waals surface area contributed by atoms with Crippen molar-refractivity contribution in [1.29, 1.82) is 0 Å². The zero-order chi connectivity index (χ0) is 12.8. The van der Waals surface area contributed by atoms with Crippen LogP contribution in [0, 0.1) is 0 Å². The van der Waals surface area contributed by atoms with Crippen LogP contribution < -0.4 is 10.1 Å². The minimum Gasteiger partial charge on any atom is -0.409 e. The van der Waals surface area contributed by atoms with E-state index in [1.807, 2.05) is 49.4 Å². The summed E-state index contributed by atoms with van der Waals surface area (Å²) in [6.07, 6.45) is 3.84. The Labute approximate surface area is 106 Å². The molecule has 3 heteroatoms. The fourth-order valence-corrected chi connectivity index (χ4v) is 1.66. The quantitative estimate of drug-likeness (QED) is 0.886. The average Bonchev–Trinajstić information content (AvgIpc) is 2.39. The zero-order valence-electron chi connectivity index (χ0n) is 10.2. The molecule has 2 aromatic carbocycles. The van der Waals surface area contributed by atoms with Gasteiger partial charge in [0.2, 0.25) is 0 Å². The second-order valence-corrected chi connectivity index (χ2v) is 3.82. The summed E-state index contributed by atoms with van der Waals surface area (Å²) in [7, 11) is 0. The molecular weight excluding hydrogens is 226 g/mol. The van der Waals surface area contributed by atoms with E-state index in [1.165, 1.54) is 0 Å². The van der Waals surface area contributed by atoms with Gasteiger partial charge in [-0.2, -0.15) is 0 Å².